The zero-order valence-electron chi connectivity index (χ0n) is 11.3. The van der Waals surface area contributed by atoms with E-state index < -0.39 is 5.97 Å². The molecule has 1 amide bonds. The minimum Gasteiger partial charge on any atom is -0.478 e. The summed E-state index contributed by atoms with van der Waals surface area (Å²) >= 11 is 0. The Labute approximate surface area is 113 Å². The highest BCUT2D eigenvalue weighted by atomic mass is 16.4. The van der Waals surface area contributed by atoms with Crippen LogP contribution >= 0.6 is 0 Å². The first-order valence-corrected chi connectivity index (χ1v) is 6.58. The Kier molecular flexibility index (Phi) is 3.88. The second kappa shape index (κ2) is 5.43. The zero-order chi connectivity index (χ0) is 14.0. The SMILES string of the molecule is CC(C)C1CC(=O)N(Cc2ccccc2C(=O)O)C1. The third-order valence-electron chi connectivity index (χ3n) is 3.80. The maximum atomic E-state index is 12.0. The largest absolute Gasteiger partial charge is 0.478 e. The van der Waals surface area contributed by atoms with Crippen molar-refractivity contribution in [1.82, 2.24) is 4.90 Å². The molecule has 1 saturated heterocycles. The topological polar surface area (TPSA) is 57.6 Å². The molecule has 2 rings (SSSR count). The van der Waals surface area contributed by atoms with Crippen LogP contribution in [0.25, 0.3) is 0 Å². The Morgan fingerprint density at radius 3 is 2.68 bits per heavy atom. The first-order valence-electron chi connectivity index (χ1n) is 6.58. The average molecular weight is 261 g/mol. The number of rotatable bonds is 4. The molecular formula is C15H19NO3. The third kappa shape index (κ3) is 2.95. The summed E-state index contributed by atoms with van der Waals surface area (Å²) in [5.41, 5.74) is 0.982. The van der Waals surface area contributed by atoms with Crippen molar-refractivity contribution >= 4 is 11.9 Å². The predicted molar refractivity (Wildman–Crippen MR) is 71.8 cm³/mol. The van der Waals surface area contributed by atoms with E-state index >= 15 is 0 Å². The fourth-order valence-electron chi connectivity index (χ4n) is 2.47. The Bertz CT molecular complexity index is 496. The number of carboxylic acid groups (broad SMARTS) is 1. The Hall–Kier alpha value is -1.84. The number of carbonyl (C=O) groups excluding carboxylic acids is 1. The molecule has 0 bridgehead atoms. The fourth-order valence-corrected chi connectivity index (χ4v) is 2.47. The van der Waals surface area contributed by atoms with Gasteiger partial charge in [-0.25, -0.2) is 4.79 Å². The van der Waals surface area contributed by atoms with Gasteiger partial charge in [-0.1, -0.05) is 32.0 Å². The highest BCUT2D eigenvalue weighted by Gasteiger charge is 2.31. The van der Waals surface area contributed by atoms with E-state index in [1.54, 1.807) is 23.1 Å². The first-order chi connectivity index (χ1) is 8.99. The predicted octanol–water partition coefficient (Wildman–Crippen LogP) is 2.39. The summed E-state index contributed by atoms with van der Waals surface area (Å²) in [7, 11) is 0. The lowest BCUT2D eigenvalue weighted by Crippen LogP contribution is -2.26. The van der Waals surface area contributed by atoms with Gasteiger partial charge in [0.1, 0.15) is 0 Å². The van der Waals surface area contributed by atoms with E-state index in [0.29, 0.717) is 30.4 Å². The Morgan fingerprint density at radius 1 is 1.42 bits per heavy atom. The van der Waals surface area contributed by atoms with E-state index in [1.807, 2.05) is 6.07 Å². The van der Waals surface area contributed by atoms with Gasteiger partial charge in [-0.2, -0.15) is 0 Å². The molecule has 19 heavy (non-hydrogen) atoms. The quantitative estimate of drug-likeness (QED) is 0.905. The zero-order valence-corrected chi connectivity index (χ0v) is 11.3. The summed E-state index contributed by atoms with van der Waals surface area (Å²) < 4.78 is 0. The van der Waals surface area contributed by atoms with Gasteiger partial charge in [0.2, 0.25) is 5.91 Å². The molecule has 1 aromatic rings. The molecule has 1 N–H and O–H groups in total. The summed E-state index contributed by atoms with van der Waals surface area (Å²) in [5.74, 6) is 0.0368. The van der Waals surface area contributed by atoms with Gasteiger partial charge >= 0.3 is 5.97 Å². The molecule has 1 atom stereocenters. The number of carbonyl (C=O) groups is 2. The third-order valence-corrected chi connectivity index (χ3v) is 3.80. The standard InChI is InChI=1S/C15H19NO3/c1-10(2)12-7-14(17)16(9-12)8-11-5-3-4-6-13(11)15(18)19/h3-6,10,12H,7-9H2,1-2H3,(H,18,19). The van der Waals surface area contributed by atoms with Gasteiger partial charge in [-0.15, -0.1) is 0 Å². The number of benzene rings is 1. The number of nitrogens with zero attached hydrogens (tertiary/aromatic N) is 1. The molecule has 0 saturated carbocycles. The minimum absolute atomic E-state index is 0.124. The van der Waals surface area contributed by atoms with E-state index in [9.17, 15) is 9.59 Å². The smallest absolute Gasteiger partial charge is 0.336 e. The fraction of sp³-hybridized carbons (Fsp3) is 0.467. The molecule has 0 radical (unpaired) electrons. The van der Waals surface area contributed by atoms with Gasteiger partial charge in [0.05, 0.1) is 5.56 Å². The first kappa shape index (κ1) is 13.6. The Balaban J connectivity index is 2.14. The molecule has 102 valence electrons. The van der Waals surface area contributed by atoms with Crippen LogP contribution in [0.3, 0.4) is 0 Å². The van der Waals surface area contributed by atoms with E-state index in [1.165, 1.54) is 0 Å². The second-order valence-corrected chi connectivity index (χ2v) is 5.44. The molecule has 4 heteroatoms. The lowest BCUT2D eigenvalue weighted by Gasteiger charge is -2.19. The maximum absolute atomic E-state index is 12.0. The van der Waals surface area contributed by atoms with Crippen molar-refractivity contribution < 1.29 is 14.7 Å². The molecule has 1 aliphatic heterocycles. The van der Waals surface area contributed by atoms with Gasteiger partial charge < -0.3 is 10.0 Å². The van der Waals surface area contributed by atoms with Crippen molar-refractivity contribution in [2.75, 3.05) is 6.54 Å². The normalized spacial score (nSPS) is 19.2. The van der Waals surface area contributed by atoms with Gasteiger partial charge in [0.25, 0.3) is 0 Å². The number of hydrogen-bond donors (Lipinski definition) is 1. The van der Waals surface area contributed by atoms with Crippen molar-refractivity contribution in [1.29, 1.82) is 0 Å². The molecule has 4 nitrogen and oxygen atoms in total. The number of carboxylic acids is 1. The number of hydrogen-bond acceptors (Lipinski definition) is 2. The average Bonchev–Trinajstić information content (AvgIpc) is 2.72. The van der Waals surface area contributed by atoms with Gasteiger partial charge in [0.15, 0.2) is 0 Å². The van der Waals surface area contributed by atoms with Gasteiger partial charge in [-0.05, 0) is 23.5 Å². The van der Waals surface area contributed by atoms with E-state index in [2.05, 4.69) is 13.8 Å². The highest BCUT2D eigenvalue weighted by Crippen LogP contribution is 2.26. The molecule has 0 aromatic heterocycles. The maximum Gasteiger partial charge on any atom is 0.336 e. The number of likely N-dealkylation sites (tertiary alicyclic amines) is 1. The van der Waals surface area contributed by atoms with E-state index in [-0.39, 0.29) is 11.5 Å². The van der Waals surface area contributed by atoms with Crippen molar-refractivity contribution in [3.63, 3.8) is 0 Å². The lowest BCUT2D eigenvalue weighted by atomic mass is 9.95. The molecule has 0 spiro atoms. The van der Waals surface area contributed by atoms with Gasteiger partial charge in [0, 0.05) is 19.5 Å². The second-order valence-electron chi connectivity index (χ2n) is 5.44. The van der Waals surface area contributed by atoms with E-state index in [0.717, 1.165) is 6.54 Å². The van der Waals surface area contributed by atoms with Crippen LogP contribution in [0, 0.1) is 11.8 Å². The summed E-state index contributed by atoms with van der Waals surface area (Å²) in [6.07, 6.45) is 0.576. The molecule has 0 aliphatic carbocycles. The minimum atomic E-state index is -0.942. The van der Waals surface area contributed by atoms with Crippen LogP contribution in [0.5, 0.6) is 0 Å². The van der Waals surface area contributed by atoms with Crippen LogP contribution in [-0.2, 0) is 11.3 Å². The van der Waals surface area contributed by atoms with Crippen molar-refractivity contribution in [2.45, 2.75) is 26.8 Å². The molecule has 1 aliphatic rings. The van der Waals surface area contributed by atoms with Crippen LogP contribution in [0.2, 0.25) is 0 Å². The summed E-state index contributed by atoms with van der Waals surface area (Å²) in [6.45, 7) is 5.36. The molecule has 1 unspecified atom stereocenters. The molecular weight excluding hydrogens is 242 g/mol. The highest BCUT2D eigenvalue weighted by molar-refractivity contribution is 5.89. The summed E-state index contributed by atoms with van der Waals surface area (Å²) in [4.78, 5) is 24.9. The molecule has 1 aromatic carbocycles. The van der Waals surface area contributed by atoms with Crippen LogP contribution in [0.15, 0.2) is 24.3 Å². The van der Waals surface area contributed by atoms with Crippen LogP contribution < -0.4 is 0 Å². The van der Waals surface area contributed by atoms with Crippen LogP contribution in [-0.4, -0.2) is 28.4 Å². The summed E-state index contributed by atoms with van der Waals surface area (Å²) in [6, 6.07) is 6.87. The van der Waals surface area contributed by atoms with Crippen LogP contribution in [0.1, 0.15) is 36.2 Å². The summed E-state index contributed by atoms with van der Waals surface area (Å²) in [5, 5.41) is 9.14. The molecule has 1 heterocycles. The number of amides is 1. The molecule has 1 fully saturated rings. The van der Waals surface area contributed by atoms with Gasteiger partial charge in [-0.3, -0.25) is 4.79 Å². The van der Waals surface area contributed by atoms with Crippen molar-refractivity contribution in [2.24, 2.45) is 11.8 Å². The van der Waals surface area contributed by atoms with E-state index in [4.69, 9.17) is 5.11 Å². The number of aromatic carboxylic acids is 1. The van der Waals surface area contributed by atoms with Crippen molar-refractivity contribution in [3.8, 4) is 0 Å². The monoisotopic (exact) mass is 261 g/mol. The lowest BCUT2D eigenvalue weighted by molar-refractivity contribution is -0.128. The van der Waals surface area contributed by atoms with Crippen LogP contribution in [0.4, 0.5) is 0 Å². The van der Waals surface area contributed by atoms with Crippen molar-refractivity contribution in [3.05, 3.63) is 35.4 Å². The Morgan fingerprint density at radius 2 is 2.11 bits per heavy atom.